The summed E-state index contributed by atoms with van der Waals surface area (Å²) < 4.78 is 9.43. The van der Waals surface area contributed by atoms with Crippen LogP contribution in [0.1, 0.15) is 99.2 Å². The number of hydrogen-bond acceptors (Lipinski definition) is 13. The van der Waals surface area contributed by atoms with Crippen LogP contribution in [0.3, 0.4) is 0 Å². The standard InChI is InChI=1S/C10H15N.C7H9N.C6H8N2.C6H9NS.2C5H7NO.C4H6N2S/c1-6-7(2)9(4)11-10(5)8(6)3;1-6-3-4-8-7(2)5-6;1-5-3-8-6(2)4-7-5;1-4-5(2)8-6(3)7-4;2*1-4-3-5(2)7-6-4;1-3-5-6-4(2)7-3/h1-5H3;3-5H,1-2H3;3-4H,1-2H3;1-3H3;2*3H,1-2H3;1-2H3. The van der Waals surface area contributed by atoms with Crippen molar-refractivity contribution in [2.75, 3.05) is 0 Å². The largest absolute Gasteiger partial charge is 0.361 e. The summed E-state index contributed by atoms with van der Waals surface area (Å²) in [5, 5.41) is 18.1. The van der Waals surface area contributed by atoms with E-state index in [1.807, 2.05) is 101 Å². The van der Waals surface area contributed by atoms with Crippen molar-refractivity contribution in [1.82, 2.24) is 45.4 Å². The average molecular weight is 800 g/mol. The van der Waals surface area contributed by atoms with Crippen LogP contribution in [-0.2, 0) is 0 Å². The van der Waals surface area contributed by atoms with Gasteiger partial charge in [0.05, 0.1) is 33.5 Å². The lowest BCUT2D eigenvalue weighted by Gasteiger charge is -2.09. The molecule has 7 heterocycles. The number of pyridine rings is 2. The zero-order valence-electron chi connectivity index (χ0n) is 36.7. The Morgan fingerprint density at radius 1 is 0.429 bits per heavy atom. The Hall–Kier alpha value is -5.01. The van der Waals surface area contributed by atoms with Crippen LogP contribution in [0.4, 0.5) is 0 Å². The molecular weight excluding hydrogens is 739 g/mol. The number of hydrogen-bond donors (Lipinski definition) is 0. The van der Waals surface area contributed by atoms with Crippen LogP contribution < -0.4 is 0 Å². The molecule has 7 aromatic heterocycles. The second-order valence-corrected chi connectivity index (χ2v) is 16.1. The van der Waals surface area contributed by atoms with E-state index in [-0.39, 0.29) is 0 Å². The van der Waals surface area contributed by atoms with Gasteiger partial charge in [-0.2, -0.15) is 0 Å². The first kappa shape index (κ1) is 49.0. The van der Waals surface area contributed by atoms with E-state index in [4.69, 9.17) is 9.05 Å². The molecule has 13 heteroatoms. The molecule has 302 valence electrons. The van der Waals surface area contributed by atoms with Gasteiger partial charge in [0.1, 0.15) is 21.5 Å². The first-order valence-electron chi connectivity index (χ1n) is 18.2. The monoisotopic (exact) mass is 799 g/mol. The van der Waals surface area contributed by atoms with Crippen molar-refractivity contribution >= 4 is 22.7 Å². The van der Waals surface area contributed by atoms with Crippen molar-refractivity contribution in [3.8, 4) is 0 Å². The van der Waals surface area contributed by atoms with Crippen LogP contribution >= 0.6 is 22.7 Å². The Labute approximate surface area is 342 Å². The number of nitrogens with zero attached hydrogens (tertiary/aromatic N) is 9. The van der Waals surface area contributed by atoms with Crippen LogP contribution in [-0.4, -0.2) is 45.4 Å². The van der Waals surface area contributed by atoms with E-state index in [0.717, 1.165) is 61.4 Å². The fourth-order valence-electron chi connectivity index (χ4n) is 4.40. The lowest BCUT2D eigenvalue weighted by Crippen LogP contribution is -1.98. The van der Waals surface area contributed by atoms with E-state index in [0.29, 0.717) is 0 Å². The summed E-state index contributed by atoms with van der Waals surface area (Å²) in [5.41, 5.74) is 13.7. The molecule has 0 N–H and O–H groups in total. The molecule has 0 saturated carbocycles. The molecule has 7 aromatic rings. The second-order valence-electron chi connectivity index (χ2n) is 13.3. The minimum Gasteiger partial charge on any atom is -0.361 e. The van der Waals surface area contributed by atoms with Gasteiger partial charge in [0.15, 0.2) is 0 Å². The highest BCUT2D eigenvalue weighted by molar-refractivity contribution is 7.11. The summed E-state index contributed by atoms with van der Waals surface area (Å²) in [6.07, 6.45) is 5.34. The predicted molar refractivity (Wildman–Crippen MR) is 231 cm³/mol. The summed E-state index contributed by atoms with van der Waals surface area (Å²) in [4.78, 5) is 22.1. The molecular formula is C43H61N9O2S2. The van der Waals surface area contributed by atoms with Gasteiger partial charge < -0.3 is 9.05 Å². The van der Waals surface area contributed by atoms with E-state index >= 15 is 0 Å². The molecule has 0 aromatic carbocycles. The van der Waals surface area contributed by atoms with Crippen LogP contribution in [0.5, 0.6) is 0 Å². The molecule has 0 radical (unpaired) electrons. The topological polar surface area (TPSA) is 142 Å². The Bertz CT molecular complexity index is 1940. The van der Waals surface area contributed by atoms with Crippen LogP contribution in [0, 0.1) is 125 Å². The quantitative estimate of drug-likeness (QED) is 0.145. The van der Waals surface area contributed by atoms with Gasteiger partial charge in [-0.25, -0.2) is 4.98 Å². The Balaban J connectivity index is 0.000000328. The van der Waals surface area contributed by atoms with Crippen molar-refractivity contribution in [3.63, 3.8) is 0 Å². The van der Waals surface area contributed by atoms with E-state index in [2.05, 4.69) is 100.0 Å². The fourth-order valence-corrected chi connectivity index (χ4v) is 5.81. The van der Waals surface area contributed by atoms with E-state index in [1.165, 1.54) is 37.8 Å². The molecule has 0 saturated heterocycles. The van der Waals surface area contributed by atoms with Gasteiger partial charge >= 0.3 is 0 Å². The Morgan fingerprint density at radius 2 is 0.893 bits per heavy atom. The Morgan fingerprint density at radius 3 is 1.11 bits per heavy atom. The highest BCUT2D eigenvalue weighted by Gasteiger charge is 2.04. The molecule has 0 aliphatic carbocycles. The summed E-state index contributed by atoms with van der Waals surface area (Å²) in [6, 6.07) is 7.83. The van der Waals surface area contributed by atoms with Crippen LogP contribution in [0.15, 0.2) is 51.9 Å². The number of rotatable bonds is 0. The van der Waals surface area contributed by atoms with Gasteiger partial charge in [0, 0.05) is 52.7 Å². The van der Waals surface area contributed by atoms with Crippen molar-refractivity contribution < 1.29 is 9.05 Å². The van der Waals surface area contributed by atoms with Gasteiger partial charge in [-0.1, -0.05) is 10.3 Å². The minimum atomic E-state index is 0.873. The highest BCUT2D eigenvalue weighted by Crippen LogP contribution is 2.17. The van der Waals surface area contributed by atoms with Crippen molar-refractivity contribution in [2.24, 2.45) is 0 Å². The molecule has 0 aliphatic heterocycles. The molecule has 7 rings (SSSR count). The molecule has 0 aliphatic rings. The van der Waals surface area contributed by atoms with Crippen LogP contribution in [0.25, 0.3) is 0 Å². The fraction of sp³-hybridized carbons (Fsp3) is 0.419. The lowest BCUT2D eigenvalue weighted by molar-refractivity contribution is 0.393. The Kier molecular flexibility index (Phi) is 22.1. The predicted octanol–water partition coefficient (Wildman–Crippen LogP) is 11.2. The van der Waals surface area contributed by atoms with Gasteiger partial charge in [0.2, 0.25) is 0 Å². The van der Waals surface area contributed by atoms with Crippen molar-refractivity contribution in [3.05, 3.63) is 142 Å². The average Bonchev–Trinajstić information content (AvgIpc) is 3.90. The first-order chi connectivity index (χ1) is 26.2. The molecule has 0 unspecified atom stereocenters. The van der Waals surface area contributed by atoms with Crippen molar-refractivity contribution in [1.29, 1.82) is 0 Å². The zero-order chi connectivity index (χ0) is 42.5. The maximum absolute atomic E-state index is 4.71. The molecule has 0 bridgehead atoms. The highest BCUT2D eigenvalue weighted by atomic mass is 32.1. The summed E-state index contributed by atoms with van der Waals surface area (Å²) in [5.74, 6) is 1.75. The third kappa shape index (κ3) is 20.6. The van der Waals surface area contributed by atoms with Gasteiger partial charge in [-0.05, 0) is 159 Å². The smallest absolute Gasteiger partial charge is 0.133 e. The minimum absolute atomic E-state index is 0.873. The molecule has 0 atom stereocenters. The summed E-state index contributed by atoms with van der Waals surface area (Å²) >= 11 is 3.38. The first-order valence-corrected chi connectivity index (χ1v) is 19.8. The summed E-state index contributed by atoms with van der Waals surface area (Å²) in [7, 11) is 0. The maximum atomic E-state index is 4.71. The second kappa shape index (κ2) is 25.2. The third-order valence-electron chi connectivity index (χ3n) is 7.76. The van der Waals surface area contributed by atoms with Gasteiger partial charge in [0.25, 0.3) is 0 Å². The van der Waals surface area contributed by atoms with Crippen molar-refractivity contribution in [2.45, 2.75) is 125 Å². The number of aryl methyl sites for hydroxylation is 15. The molecule has 0 fully saturated rings. The zero-order valence-corrected chi connectivity index (χ0v) is 38.3. The lowest BCUT2D eigenvalue weighted by atomic mass is 10.0. The maximum Gasteiger partial charge on any atom is 0.133 e. The summed E-state index contributed by atoms with van der Waals surface area (Å²) in [6.45, 7) is 36.1. The van der Waals surface area contributed by atoms with E-state index < -0.39 is 0 Å². The molecule has 11 nitrogen and oxygen atoms in total. The normalized spacial score (nSPS) is 9.61. The molecule has 0 amide bonds. The van der Waals surface area contributed by atoms with Crippen LogP contribution in [0.2, 0.25) is 0 Å². The third-order valence-corrected chi connectivity index (χ3v) is 9.50. The SMILES string of the molecule is Cc1cc(C)on1.Cc1cc(C)on1.Cc1ccnc(C)c1.Cc1cnc(C)cn1.Cc1nc(C)c(C)c(C)c1C.Cc1nc(C)c(C)s1.Cc1nnc(C)s1. The van der Waals surface area contributed by atoms with Gasteiger partial charge in [-0.15, -0.1) is 32.9 Å². The number of thiazole rings is 1. The van der Waals surface area contributed by atoms with Gasteiger partial charge in [-0.3, -0.25) is 19.9 Å². The number of aromatic nitrogens is 9. The van der Waals surface area contributed by atoms with E-state index in [1.54, 1.807) is 35.1 Å². The molecule has 0 spiro atoms. The van der Waals surface area contributed by atoms with E-state index in [9.17, 15) is 0 Å². The molecule has 56 heavy (non-hydrogen) atoms.